The molecule has 0 radical (unpaired) electrons. The van der Waals surface area contributed by atoms with Gasteiger partial charge in [0.05, 0.1) is 6.61 Å². The van der Waals surface area contributed by atoms with Crippen LogP contribution in [0.25, 0.3) is 0 Å². The fourth-order valence-corrected chi connectivity index (χ4v) is 1.69. The minimum atomic E-state index is 0.521. The van der Waals surface area contributed by atoms with Crippen LogP contribution in [-0.4, -0.2) is 13.2 Å². The Bertz CT molecular complexity index is 287. The summed E-state index contributed by atoms with van der Waals surface area (Å²) in [5.41, 5.74) is 5.01. The van der Waals surface area contributed by atoms with Gasteiger partial charge in [-0.25, -0.2) is 5.90 Å². The molecule has 0 saturated carbocycles. The second-order valence-corrected chi connectivity index (χ2v) is 3.57. The lowest BCUT2D eigenvalue weighted by molar-refractivity contribution is 0.148. The van der Waals surface area contributed by atoms with Crippen molar-refractivity contribution in [2.45, 2.75) is 20.8 Å². The highest BCUT2D eigenvalue weighted by atomic mass is 16.6. The van der Waals surface area contributed by atoms with E-state index in [-0.39, 0.29) is 0 Å². The summed E-state index contributed by atoms with van der Waals surface area (Å²) in [5, 5.41) is 3.30. The normalized spacial score (nSPS) is 10.3. The Hall–Kier alpha value is -1.06. The molecule has 0 aromatic heterocycles. The van der Waals surface area contributed by atoms with Gasteiger partial charge in [-0.3, -0.25) is 0 Å². The fourth-order valence-electron chi connectivity index (χ4n) is 1.69. The van der Waals surface area contributed by atoms with Gasteiger partial charge in [-0.1, -0.05) is 17.7 Å². The lowest BCUT2D eigenvalue weighted by atomic mass is 10.1. The summed E-state index contributed by atoms with van der Waals surface area (Å²) in [7, 11) is 0. The van der Waals surface area contributed by atoms with E-state index in [1.165, 1.54) is 22.4 Å². The third-order valence-electron chi connectivity index (χ3n) is 2.20. The number of hydrogen-bond acceptors (Lipinski definition) is 3. The maximum absolute atomic E-state index is 4.95. The monoisotopic (exact) mass is 194 g/mol. The summed E-state index contributed by atoms with van der Waals surface area (Å²) in [4.78, 5) is 4.50. The summed E-state index contributed by atoms with van der Waals surface area (Å²) >= 11 is 0. The number of anilines is 1. The number of aryl methyl sites for hydroxylation is 3. The molecule has 0 saturated heterocycles. The minimum absolute atomic E-state index is 0.521. The molecule has 14 heavy (non-hydrogen) atoms. The molecular formula is C11H18N2O. The van der Waals surface area contributed by atoms with Crippen LogP contribution in [0.2, 0.25) is 0 Å². The Kier molecular flexibility index (Phi) is 3.92. The highest BCUT2D eigenvalue weighted by Crippen LogP contribution is 2.21. The molecule has 0 aliphatic rings. The van der Waals surface area contributed by atoms with Gasteiger partial charge < -0.3 is 10.2 Å². The van der Waals surface area contributed by atoms with Gasteiger partial charge in [0.25, 0.3) is 0 Å². The number of nitrogens with one attached hydrogen (secondary N) is 1. The predicted octanol–water partition coefficient (Wildman–Crippen LogP) is 1.91. The van der Waals surface area contributed by atoms with E-state index in [2.05, 4.69) is 43.1 Å². The molecule has 0 atom stereocenters. The molecule has 0 fully saturated rings. The third-order valence-corrected chi connectivity index (χ3v) is 2.20. The Labute approximate surface area is 85.2 Å². The van der Waals surface area contributed by atoms with E-state index in [1.807, 2.05) is 0 Å². The van der Waals surface area contributed by atoms with Gasteiger partial charge in [-0.2, -0.15) is 0 Å². The highest BCUT2D eigenvalue weighted by molar-refractivity contribution is 5.58. The van der Waals surface area contributed by atoms with Crippen LogP contribution in [0.15, 0.2) is 12.1 Å². The predicted molar refractivity (Wildman–Crippen MR) is 59.3 cm³/mol. The van der Waals surface area contributed by atoms with Crippen molar-refractivity contribution in [3.05, 3.63) is 28.8 Å². The van der Waals surface area contributed by atoms with Crippen LogP contribution in [-0.2, 0) is 4.84 Å². The van der Waals surface area contributed by atoms with Crippen LogP contribution in [0.3, 0.4) is 0 Å². The van der Waals surface area contributed by atoms with Crippen LogP contribution in [0.1, 0.15) is 16.7 Å². The summed E-state index contributed by atoms with van der Waals surface area (Å²) in [6.45, 7) is 7.57. The van der Waals surface area contributed by atoms with E-state index < -0.39 is 0 Å². The maximum atomic E-state index is 4.95. The van der Waals surface area contributed by atoms with Crippen molar-refractivity contribution >= 4 is 5.69 Å². The van der Waals surface area contributed by atoms with E-state index >= 15 is 0 Å². The topological polar surface area (TPSA) is 47.3 Å². The van der Waals surface area contributed by atoms with Crippen LogP contribution < -0.4 is 11.2 Å². The lowest BCUT2D eigenvalue weighted by Gasteiger charge is -2.13. The zero-order valence-corrected chi connectivity index (χ0v) is 9.05. The van der Waals surface area contributed by atoms with E-state index in [0.717, 1.165) is 6.54 Å². The van der Waals surface area contributed by atoms with E-state index in [9.17, 15) is 0 Å². The average molecular weight is 194 g/mol. The molecule has 0 unspecified atom stereocenters. The Morgan fingerprint density at radius 3 is 2.29 bits per heavy atom. The first-order valence-electron chi connectivity index (χ1n) is 4.78. The summed E-state index contributed by atoms with van der Waals surface area (Å²) in [5.74, 6) is 4.95. The van der Waals surface area contributed by atoms with Crippen LogP contribution in [0, 0.1) is 20.8 Å². The molecule has 0 aliphatic heterocycles. The minimum Gasteiger partial charge on any atom is -0.382 e. The number of nitrogens with two attached hydrogens (primary N) is 1. The second kappa shape index (κ2) is 4.98. The van der Waals surface area contributed by atoms with E-state index in [4.69, 9.17) is 5.90 Å². The van der Waals surface area contributed by atoms with Gasteiger partial charge in [0.1, 0.15) is 0 Å². The molecule has 3 nitrogen and oxygen atoms in total. The van der Waals surface area contributed by atoms with Gasteiger partial charge in [0.15, 0.2) is 0 Å². The maximum Gasteiger partial charge on any atom is 0.0851 e. The van der Waals surface area contributed by atoms with Crippen molar-refractivity contribution in [2.24, 2.45) is 5.90 Å². The van der Waals surface area contributed by atoms with Gasteiger partial charge >= 0.3 is 0 Å². The second-order valence-electron chi connectivity index (χ2n) is 3.57. The first kappa shape index (κ1) is 11.0. The Morgan fingerprint density at radius 2 is 1.79 bits per heavy atom. The smallest absolute Gasteiger partial charge is 0.0851 e. The number of rotatable bonds is 4. The van der Waals surface area contributed by atoms with Crippen molar-refractivity contribution in [1.29, 1.82) is 0 Å². The van der Waals surface area contributed by atoms with Gasteiger partial charge in [0, 0.05) is 12.2 Å². The summed E-state index contributed by atoms with van der Waals surface area (Å²) in [6.07, 6.45) is 0. The molecule has 0 amide bonds. The van der Waals surface area contributed by atoms with E-state index in [0.29, 0.717) is 6.61 Å². The van der Waals surface area contributed by atoms with Gasteiger partial charge in [-0.05, 0) is 31.9 Å². The van der Waals surface area contributed by atoms with Crippen LogP contribution in [0.5, 0.6) is 0 Å². The molecule has 78 valence electrons. The molecule has 1 aromatic rings. The number of benzene rings is 1. The zero-order valence-electron chi connectivity index (χ0n) is 9.05. The molecular weight excluding hydrogens is 176 g/mol. The van der Waals surface area contributed by atoms with Crippen molar-refractivity contribution < 1.29 is 4.84 Å². The van der Waals surface area contributed by atoms with Crippen molar-refractivity contribution in [1.82, 2.24) is 0 Å². The number of hydrogen-bond donors (Lipinski definition) is 2. The lowest BCUT2D eigenvalue weighted by Crippen LogP contribution is -2.13. The van der Waals surface area contributed by atoms with E-state index in [1.54, 1.807) is 0 Å². The highest BCUT2D eigenvalue weighted by Gasteiger charge is 2.02. The Balaban J connectivity index is 2.75. The van der Waals surface area contributed by atoms with Gasteiger partial charge in [-0.15, -0.1) is 0 Å². The first-order chi connectivity index (χ1) is 6.65. The van der Waals surface area contributed by atoms with Crippen LogP contribution in [0.4, 0.5) is 5.69 Å². The SMILES string of the molecule is Cc1cc(C)c(NCCON)c(C)c1. The van der Waals surface area contributed by atoms with Gasteiger partial charge in [0.2, 0.25) is 0 Å². The molecule has 0 spiro atoms. The molecule has 3 heteroatoms. The Morgan fingerprint density at radius 1 is 1.21 bits per heavy atom. The van der Waals surface area contributed by atoms with Crippen molar-refractivity contribution in [2.75, 3.05) is 18.5 Å². The zero-order chi connectivity index (χ0) is 10.6. The molecule has 0 heterocycles. The summed E-state index contributed by atoms with van der Waals surface area (Å²) < 4.78 is 0. The first-order valence-corrected chi connectivity index (χ1v) is 4.78. The standard InChI is InChI=1S/C11H18N2O/c1-8-6-9(2)11(10(3)7-8)13-4-5-14-12/h6-7,13H,4-5,12H2,1-3H3. The average Bonchev–Trinajstić information content (AvgIpc) is 2.09. The summed E-state index contributed by atoms with van der Waals surface area (Å²) in [6, 6.07) is 4.33. The van der Waals surface area contributed by atoms with Crippen LogP contribution >= 0.6 is 0 Å². The largest absolute Gasteiger partial charge is 0.382 e. The van der Waals surface area contributed by atoms with Crippen molar-refractivity contribution in [3.8, 4) is 0 Å². The molecule has 1 rings (SSSR count). The molecule has 0 aliphatic carbocycles. The third kappa shape index (κ3) is 2.72. The quantitative estimate of drug-likeness (QED) is 0.568. The van der Waals surface area contributed by atoms with Crippen molar-refractivity contribution in [3.63, 3.8) is 0 Å². The molecule has 3 N–H and O–H groups in total. The molecule has 0 bridgehead atoms. The fraction of sp³-hybridized carbons (Fsp3) is 0.455. The molecule has 1 aromatic carbocycles.